The molecule has 2 heterocycles. The summed E-state index contributed by atoms with van der Waals surface area (Å²) in [6, 6.07) is 8.38. The molecule has 0 amide bonds. The van der Waals surface area contributed by atoms with Gasteiger partial charge in [0.15, 0.2) is 23.0 Å². The van der Waals surface area contributed by atoms with E-state index in [0.29, 0.717) is 12.4 Å². The summed E-state index contributed by atoms with van der Waals surface area (Å²) in [5.74, 6) is 2.49. The monoisotopic (exact) mass is 383 g/mol. The smallest absolute Gasteiger partial charge is 0.166 e. The summed E-state index contributed by atoms with van der Waals surface area (Å²) < 4.78 is 17.4. The normalized spacial score (nSPS) is 18.2. The quantitative estimate of drug-likeness (QED) is 0.837. The van der Waals surface area contributed by atoms with Crippen molar-refractivity contribution < 1.29 is 19.3 Å². The van der Waals surface area contributed by atoms with E-state index in [9.17, 15) is 5.11 Å². The summed E-state index contributed by atoms with van der Waals surface area (Å²) in [6.45, 7) is 8.37. The maximum absolute atomic E-state index is 10.3. The van der Waals surface area contributed by atoms with Gasteiger partial charge in [0.25, 0.3) is 0 Å². The van der Waals surface area contributed by atoms with Crippen LogP contribution in [-0.4, -0.2) is 36.4 Å². The molecule has 1 unspecified atom stereocenters. The second-order valence-electron chi connectivity index (χ2n) is 7.79. The van der Waals surface area contributed by atoms with E-state index < -0.39 is 0 Å². The summed E-state index contributed by atoms with van der Waals surface area (Å²) in [6.07, 6.45) is 1.93. The van der Waals surface area contributed by atoms with Crippen LogP contribution in [0.5, 0.6) is 23.0 Å². The predicted octanol–water partition coefficient (Wildman–Crippen LogP) is 4.24. The van der Waals surface area contributed by atoms with Gasteiger partial charge < -0.3 is 19.3 Å². The minimum Gasteiger partial charge on any atom is -0.504 e. The number of phenols is 1. The number of hydrogen-bond acceptors (Lipinski definition) is 5. The number of nitrogens with zero attached hydrogens (tertiary/aromatic N) is 1. The van der Waals surface area contributed by atoms with Crippen LogP contribution >= 0.6 is 0 Å². The van der Waals surface area contributed by atoms with E-state index in [0.717, 1.165) is 37.4 Å². The standard InChI is InChI=1S/C23H29NO4/c1-5-27-22-12-17-16(11-20(22)25)8-9-24-13-18-15(10-19(17)24)6-7-21(26-4)23(18)28-14(2)3/h6-7,11-12,14,19,25H,5,8-10,13H2,1-4H3. The average Bonchev–Trinajstić information content (AvgIpc) is 2.67. The number of hydrogen-bond donors (Lipinski definition) is 1. The zero-order valence-electron chi connectivity index (χ0n) is 17.1. The molecule has 1 atom stereocenters. The second kappa shape index (κ2) is 7.55. The zero-order chi connectivity index (χ0) is 19.8. The Morgan fingerprint density at radius 1 is 1.18 bits per heavy atom. The van der Waals surface area contributed by atoms with E-state index in [1.165, 1.54) is 22.3 Å². The van der Waals surface area contributed by atoms with E-state index in [-0.39, 0.29) is 17.9 Å². The van der Waals surface area contributed by atoms with Gasteiger partial charge >= 0.3 is 0 Å². The van der Waals surface area contributed by atoms with Gasteiger partial charge in [-0.1, -0.05) is 6.07 Å². The van der Waals surface area contributed by atoms with Crippen molar-refractivity contribution in [2.24, 2.45) is 0 Å². The number of fused-ring (bicyclic) bond motifs is 4. The molecule has 0 spiro atoms. The zero-order valence-corrected chi connectivity index (χ0v) is 17.1. The fraction of sp³-hybridized carbons (Fsp3) is 0.478. The van der Waals surface area contributed by atoms with E-state index in [2.05, 4.69) is 11.0 Å². The molecule has 150 valence electrons. The molecule has 0 aliphatic carbocycles. The molecule has 0 fully saturated rings. The Morgan fingerprint density at radius 3 is 2.71 bits per heavy atom. The summed E-state index contributed by atoms with van der Waals surface area (Å²) in [5, 5.41) is 10.3. The van der Waals surface area contributed by atoms with Gasteiger partial charge in [-0.2, -0.15) is 0 Å². The Balaban J connectivity index is 1.74. The van der Waals surface area contributed by atoms with Crippen LogP contribution in [-0.2, 0) is 19.4 Å². The Labute approximate surface area is 166 Å². The molecular weight excluding hydrogens is 354 g/mol. The first kappa shape index (κ1) is 18.9. The van der Waals surface area contributed by atoms with Crippen molar-refractivity contribution in [3.63, 3.8) is 0 Å². The van der Waals surface area contributed by atoms with Crippen LogP contribution in [0, 0.1) is 0 Å². The first-order valence-corrected chi connectivity index (χ1v) is 10.1. The van der Waals surface area contributed by atoms with Crippen LogP contribution < -0.4 is 14.2 Å². The van der Waals surface area contributed by atoms with Gasteiger partial charge in [0.05, 0.1) is 19.8 Å². The molecule has 2 aliphatic rings. The summed E-state index contributed by atoms with van der Waals surface area (Å²) in [7, 11) is 1.69. The Morgan fingerprint density at radius 2 is 2.00 bits per heavy atom. The Bertz CT molecular complexity index is 877. The lowest BCUT2D eigenvalue weighted by Gasteiger charge is -2.42. The predicted molar refractivity (Wildman–Crippen MR) is 109 cm³/mol. The van der Waals surface area contributed by atoms with Gasteiger partial charge in [0.2, 0.25) is 0 Å². The van der Waals surface area contributed by atoms with Crippen LogP contribution in [0.1, 0.15) is 49.1 Å². The molecular formula is C23H29NO4. The molecule has 5 nitrogen and oxygen atoms in total. The van der Waals surface area contributed by atoms with Gasteiger partial charge in [-0.3, -0.25) is 4.90 Å². The topological polar surface area (TPSA) is 51.2 Å². The second-order valence-corrected chi connectivity index (χ2v) is 7.79. The van der Waals surface area contributed by atoms with E-state index >= 15 is 0 Å². The van der Waals surface area contributed by atoms with Crippen LogP contribution in [0.15, 0.2) is 24.3 Å². The van der Waals surface area contributed by atoms with Gasteiger partial charge in [0, 0.05) is 24.7 Å². The number of phenolic OH excluding ortho intramolecular Hbond substituents is 1. The minimum absolute atomic E-state index is 0.0944. The molecule has 0 saturated carbocycles. The van der Waals surface area contributed by atoms with Gasteiger partial charge in [0.1, 0.15) is 0 Å². The molecule has 0 saturated heterocycles. The minimum atomic E-state index is 0.0944. The lowest BCUT2D eigenvalue weighted by molar-refractivity contribution is 0.152. The Hall–Kier alpha value is -2.40. The van der Waals surface area contributed by atoms with E-state index in [4.69, 9.17) is 14.2 Å². The third kappa shape index (κ3) is 3.28. The molecule has 1 N–H and O–H groups in total. The summed E-state index contributed by atoms with van der Waals surface area (Å²) >= 11 is 0. The van der Waals surface area contributed by atoms with Crippen molar-refractivity contribution in [1.82, 2.24) is 4.90 Å². The fourth-order valence-electron chi connectivity index (χ4n) is 4.42. The van der Waals surface area contributed by atoms with Gasteiger partial charge in [-0.05, 0) is 68.5 Å². The van der Waals surface area contributed by atoms with Crippen molar-refractivity contribution in [3.8, 4) is 23.0 Å². The third-order valence-electron chi connectivity index (χ3n) is 5.66. The highest BCUT2D eigenvalue weighted by Gasteiger charge is 2.35. The van der Waals surface area contributed by atoms with E-state index in [1.807, 2.05) is 39.0 Å². The molecule has 0 radical (unpaired) electrons. The largest absolute Gasteiger partial charge is 0.504 e. The highest BCUT2D eigenvalue weighted by molar-refractivity contribution is 5.54. The van der Waals surface area contributed by atoms with Crippen LogP contribution in [0.3, 0.4) is 0 Å². The first-order valence-electron chi connectivity index (χ1n) is 10.1. The number of ether oxygens (including phenoxy) is 3. The molecule has 0 bridgehead atoms. The van der Waals surface area contributed by atoms with Crippen molar-refractivity contribution in [3.05, 3.63) is 46.5 Å². The van der Waals surface area contributed by atoms with Gasteiger partial charge in [-0.25, -0.2) is 0 Å². The average molecular weight is 383 g/mol. The van der Waals surface area contributed by atoms with Crippen LogP contribution in [0.25, 0.3) is 0 Å². The maximum Gasteiger partial charge on any atom is 0.166 e. The molecule has 4 rings (SSSR count). The highest BCUT2D eigenvalue weighted by Crippen LogP contribution is 2.45. The number of aromatic hydroxyl groups is 1. The lowest BCUT2D eigenvalue weighted by Crippen LogP contribution is -2.39. The summed E-state index contributed by atoms with van der Waals surface area (Å²) in [4.78, 5) is 2.50. The number of benzene rings is 2. The molecule has 28 heavy (non-hydrogen) atoms. The molecule has 2 aliphatic heterocycles. The third-order valence-corrected chi connectivity index (χ3v) is 5.66. The molecule has 5 heteroatoms. The number of methoxy groups -OCH3 is 1. The Kier molecular flexibility index (Phi) is 5.11. The maximum atomic E-state index is 10.3. The number of rotatable bonds is 5. The molecule has 2 aromatic carbocycles. The van der Waals surface area contributed by atoms with Crippen LogP contribution in [0.4, 0.5) is 0 Å². The van der Waals surface area contributed by atoms with Crippen molar-refractivity contribution in [2.75, 3.05) is 20.3 Å². The SMILES string of the molecule is CCOc1cc2c(cc1O)CCN1Cc3c(ccc(OC)c3OC(C)C)CC21. The molecule has 2 aromatic rings. The van der Waals surface area contributed by atoms with Crippen molar-refractivity contribution in [2.45, 2.75) is 52.3 Å². The van der Waals surface area contributed by atoms with Crippen molar-refractivity contribution in [1.29, 1.82) is 0 Å². The molecule has 0 aromatic heterocycles. The van der Waals surface area contributed by atoms with E-state index in [1.54, 1.807) is 7.11 Å². The highest BCUT2D eigenvalue weighted by atomic mass is 16.5. The lowest BCUT2D eigenvalue weighted by atomic mass is 9.83. The van der Waals surface area contributed by atoms with Gasteiger partial charge in [-0.15, -0.1) is 0 Å². The summed E-state index contributed by atoms with van der Waals surface area (Å²) in [5.41, 5.74) is 5.02. The van der Waals surface area contributed by atoms with Crippen LogP contribution in [0.2, 0.25) is 0 Å². The fourth-order valence-corrected chi connectivity index (χ4v) is 4.42. The first-order chi connectivity index (χ1) is 13.5. The van der Waals surface area contributed by atoms with Crippen molar-refractivity contribution >= 4 is 0 Å².